The monoisotopic (exact) mass is 517 g/mol. The van der Waals surface area contributed by atoms with Crippen LogP contribution in [0.4, 0.5) is 5.82 Å². The number of hydrogen-bond acceptors (Lipinski definition) is 7. The molecule has 192 valence electrons. The number of methoxy groups -OCH3 is 1. The van der Waals surface area contributed by atoms with Gasteiger partial charge < -0.3 is 15.4 Å². The fourth-order valence-electron chi connectivity index (χ4n) is 5.23. The zero-order chi connectivity index (χ0) is 26.4. The number of rotatable bonds is 6. The van der Waals surface area contributed by atoms with Crippen molar-refractivity contribution >= 4 is 34.1 Å². The average molecular weight is 518 g/mol. The Labute approximate surface area is 222 Å². The van der Waals surface area contributed by atoms with Gasteiger partial charge in [-0.1, -0.05) is 11.6 Å². The summed E-state index contributed by atoms with van der Waals surface area (Å²) in [5.74, 6) is 1.16. The van der Waals surface area contributed by atoms with E-state index in [1.165, 1.54) is 24.0 Å². The first-order chi connectivity index (χ1) is 17.7. The molecule has 3 aromatic heterocycles. The van der Waals surface area contributed by atoms with Crippen LogP contribution in [0.25, 0.3) is 27.9 Å². The molecule has 0 spiro atoms. The summed E-state index contributed by atoms with van der Waals surface area (Å²) >= 11 is 6.85. The number of benzene rings is 1. The Morgan fingerprint density at radius 3 is 2.57 bits per heavy atom. The molecule has 3 heterocycles. The van der Waals surface area contributed by atoms with Gasteiger partial charge in [0.05, 0.1) is 35.6 Å². The van der Waals surface area contributed by atoms with E-state index in [1.807, 2.05) is 36.9 Å². The first-order valence-corrected chi connectivity index (χ1v) is 12.8. The molecule has 2 N–H and O–H groups in total. The van der Waals surface area contributed by atoms with Gasteiger partial charge in [0, 0.05) is 36.4 Å². The highest BCUT2D eigenvalue weighted by Gasteiger charge is 2.26. The summed E-state index contributed by atoms with van der Waals surface area (Å²) < 4.78 is 7.94. The Morgan fingerprint density at radius 2 is 1.92 bits per heavy atom. The number of hydrogen-bond donors (Lipinski definition) is 1. The molecule has 1 unspecified atom stereocenters. The van der Waals surface area contributed by atoms with Crippen molar-refractivity contribution < 1.29 is 4.74 Å². The minimum atomic E-state index is -0.229. The van der Waals surface area contributed by atoms with Crippen molar-refractivity contribution in [3.63, 3.8) is 0 Å². The normalized spacial score (nSPS) is 14.0. The summed E-state index contributed by atoms with van der Waals surface area (Å²) in [6, 6.07) is 5.88. The molecular weight excluding hydrogens is 486 g/mol. The van der Waals surface area contributed by atoms with E-state index in [1.54, 1.807) is 7.11 Å². The molecule has 0 amide bonds. The third-order valence-electron chi connectivity index (χ3n) is 7.25. The molecule has 1 atom stereocenters. The maximum Gasteiger partial charge on any atom is 0.164 e. The lowest BCUT2D eigenvalue weighted by Crippen LogP contribution is -2.16. The van der Waals surface area contributed by atoms with Crippen LogP contribution in [-0.4, -0.2) is 50.8 Å². The second kappa shape index (κ2) is 9.67. The van der Waals surface area contributed by atoms with Gasteiger partial charge in [0.25, 0.3) is 0 Å². The van der Waals surface area contributed by atoms with E-state index in [0.29, 0.717) is 16.5 Å². The maximum absolute atomic E-state index is 6.85. The molecular formula is C28H32ClN7O. The number of allylic oxidation sites excluding steroid dienone is 1. The number of nitrogens with zero attached hydrogens (tertiary/aromatic N) is 6. The van der Waals surface area contributed by atoms with E-state index in [-0.39, 0.29) is 6.04 Å². The van der Waals surface area contributed by atoms with Crippen molar-refractivity contribution in [1.29, 1.82) is 0 Å². The first-order valence-electron chi connectivity index (χ1n) is 12.4. The van der Waals surface area contributed by atoms with Gasteiger partial charge in [0.1, 0.15) is 17.9 Å². The smallest absolute Gasteiger partial charge is 0.164 e. The Balaban J connectivity index is 1.69. The first kappa shape index (κ1) is 25.0. The second-order valence-electron chi connectivity index (χ2n) is 9.77. The van der Waals surface area contributed by atoms with Gasteiger partial charge in [-0.2, -0.15) is 5.10 Å². The Hall–Kier alpha value is -3.65. The van der Waals surface area contributed by atoms with E-state index in [9.17, 15) is 0 Å². The predicted octanol–water partition coefficient (Wildman–Crippen LogP) is 5.82. The van der Waals surface area contributed by atoms with E-state index in [2.05, 4.69) is 42.0 Å². The highest BCUT2D eigenvalue weighted by molar-refractivity contribution is 6.32. The molecule has 8 nitrogen and oxygen atoms in total. The molecule has 1 aliphatic rings. The van der Waals surface area contributed by atoms with Gasteiger partial charge in [-0.15, -0.1) is 0 Å². The summed E-state index contributed by atoms with van der Waals surface area (Å²) in [6.07, 6.45) is 6.79. The van der Waals surface area contributed by atoms with Gasteiger partial charge >= 0.3 is 0 Å². The Bertz CT molecular complexity index is 1530. The van der Waals surface area contributed by atoms with Crippen LogP contribution in [0.2, 0.25) is 5.02 Å². The van der Waals surface area contributed by atoms with Crippen LogP contribution in [0.3, 0.4) is 0 Å². The molecule has 9 heteroatoms. The topological polar surface area (TPSA) is 95.0 Å². The summed E-state index contributed by atoms with van der Waals surface area (Å²) in [6.45, 7) is 5.99. The molecule has 4 aromatic rings. The Morgan fingerprint density at radius 1 is 1.16 bits per heavy atom. The number of ether oxygens (including phenoxy) is 1. The summed E-state index contributed by atoms with van der Waals surface area (Å²) in [5.41, 5.74) is 15.0. The molecule has 1 aromatic carbocycles. The van der Waals surface area contributed by atoms with Crippen molar-refractivity contribution in [3.05, 3.63) is 63.8 Å². The minimum Gasteiger partial charge on any atom is -0.496 e. The van der Waals surface area contributed by atoms with Gasteiger partial charge in [-0.3, -0.25) is 4.98 Å². The summed E-state index contributed by atoms with van der Waals surface area (Å²) in [7, 11) is 5.85. The van der Waals surface area contributed by atoms with E-state index in [4.69, 9.17) is 32.2 Å². The lowest BCUT2D eigenvalue weighted by molar-refractivity contribution is 0.402. The highest BCUT2D eigenvalue weighted by atomic mass is 35.5. The van der Waals surface area contributed by atoms with Crippen LogP contribution in [0.1, 0.15) is 54.7 Å². The molecule has 0 radical (unpaired) electrons. The van der Waals surface area contributed by atoms with Crippen LogP contribution in [0, 0.1) is 13.8 Å². The Kier molecular flexibility index (Phi) is 6.54. The number of fused-ring (bicyclic) bond motifs is 1. The molecule has 0 saturated heterocycles. The van der Waals surface area contributed by atoms with E-state index in [0.717, 1.165) is 57.6 Å². The van der Waals surface area contributed by atoms with Crippen molar-refractivity contribution in [1.82, 2.24) is 29.6 Å². The number of aryl methyl sites for hydroxylation is 1. The fourth-order valence-corrected chi connectivity index (χ4v) is 5.44. The lowest BCUT2D eigenvalue weighted by atomic mass is 9.88. The standard InChI is InChI=1S/C28H32ClN7O/c1-15-21(29)13-20(17(3)36-28-24(16(2)34-36)27(30)32-14-33-28)26(37-6)23(15)19-10-11-31-22(12-19)25(35(4)5)18-8-7-9-18/h10-14,17H,7-9H2,1-6H3,(H2,30,32,33). The summed E-state index contributed by atoms with van der Waals surface area (Å²) in [4.78, 5) is 15.5. The predicted molar refractivity (Wildman–Crippen MR) is 149 cm³/mol. The van der Waals surface area contributed by atoms with Crippen LogP contribution in [-0.2, 0) is 0 Å². The van der Waals surface area contributed by atoms with Gasteiger partial charge in [0.2, 0.25) is 0 Å². The largest absolute Gasteiger partial charge is 0.496 e. The molecule has 1 aliphatic carbocycles. The number of pyridine rings is 1. The average Bonchev–Trinajstić information content (AvgIpc) is 3.19. The zero-order valence-corrected chi connectivity index (χ0v) is 22.9. The van der Waals surface area contributed by atoms with Crippen molar-refractivity contribution in [2.75, 3.05) is 26.9 Å². The van der Waals surface area contributed by atoms with Gasteiger partial charge in [-0.25, -0.2) is 14.6 Å². The molecule has 0 bridgehead atoms. The summed E-state index contributed by atoms with van der Waals surface area (Å²) in [5, 5.41) is 6.17. The van der Waals surface area contributed by atoms with Gasteiger partial charge in [0.15, 0.2) is 5.65 Å². The molecule has 0 aliphatic heterocycles. The van der Waals surface area contributed by atoms with Crippen LogP contribution >= 0.6 is 11.6 Å². The number of anilines is 1. The maximum atomic E-state index is 6.85. The lowest BCUT2D eigenvalue weighted by Gasteiger charge is -2.27. The number of nitrogens with two attached hydrogens (primary N) is 1. The number of nitrogen functional groups attached to an aromatic ring is 1. The van der Waals surface area contributed by atoms with Crippen molar-refractivity contribution in [2.24, 2.45) is 0 Å². The minimum absolute atomic E-state index is 0.229. The van der Waals surface area contributed by atoms with Crippen LogP contribution in [0.5, 0.6) is 5.75 Å². The zero-order valence-electron chi connectivity index (χ0n) is 22.1. The number of halogens is 1. The second-order valence-corrected chi connectivity index (χ2v) is 10.2. The highest BCUT2D eigenvalue weighted by Crippen LogP contribution is 2.44. The third-order valence-corrected chi connectivity index (χ3v) is 7.64. The van der Waals surface area contributed by atoms with E-state index < -0.39 is 0 Å². The SMILES string of the molecule is COc1c(C(C)n2nc(C)c3c(N)ncnc32)cc(Cl)c(C)c1-c1ccnc(C(=C2CCC2)N(C)C)c1. The molecule has 1 saturated carbocycles. The molecule has 1 fully saturated rings. The quantitative estimate of drug-likeness (QED) is 0.344. The van der Waals surface area contributed by atoms with E-state index >= 15 is 0 Å². The van der Waals surface area contributed by atoms with Crippen molar-refractivity contribution in [3.8, 4) is 16.9 Å². The van der Waals surface area contributed by atoms with Crippen molar-refractivity contribution in [2.45, 2.75) is 46.1 Å². The van der Waals surface area contributed by atoms with Gasteiger partial charge in [-0.05, 0) is 74.9 Å². The third kappa shape index (κ3) is 4.19. The fraction of sp³-hybridized carbons (Fsp3) is 0.357. The molecule has 5 rings (SSSR count). The molecule has 37 heavy (non-hydrogen) atoms. The van der Waals surface area contributed by atoms with Crippen LogP contribution < -0.4 is 10.5 Å². The van der Waals surface area contributed by atoms with Crippen LogP contribution in [0.15, 0.2) is 36.3 Å². The number of aromatic nitrogens is 5.